The molecule has 1 aliphatic rings. The Morgan fingerprint density at radius 2 is 2.19 bits per heavy atom. The molecule has 2 N–H and O–H groups in total. The van der Waals surface area contributed by atoms with Crippen molar-refractivity contribution in [1.29, 1.82) is 0 Å². The number of hydrogen-bond acceptors (Lipinski definition) is 3. The van der Waals surface area contributed by atoms with Crippen LogP contribution in [0.3, 0.4) is 0 Å². The van der Waals surface area contributed by atoms with Gasteiger partial charge in [-0.15, -0.1) is 0 Å². The van der Waals surface area contributed by atoms with Crippen molar-refractivity contribution in [2.75, 3.05) is 46.3 Å². The van der Waals surface area contributed by atoms with E-state index in [4.69, 9.17) is 0 Å². The van der Waals surface area contributed by atoms with Crippen LogP contribution >= 0.6 is 0 Å². The third-order valence-electron chi connectivity index (χ3n) is 3.11. The Balaban J connectivity index is 1.65. The Bertz CT molecular complexity index is 277. The third-order valence-corrected chi connectivity index (χ3v) is 3.11. The third kappa shape index (κ3) is 3.63. The van der Waals surface area contributed by atoms with Gasteiger partial charge in [0.05, 0.1) is 0 Å². The van der Waals surface area contributed by atoms with Crippen molar-refractivity contribution < 1.29 is 0 Å². The highest BCUT2D eigenvalue weighted by Crippen LogP contribution is 2.00. The van der Waals surface area contributed by atoms with Crippen LogP contribution in [0.4, 0.5) is 0 Å². The van der Waals surface area contributed by atoms with Gasteiger partial charge < -0.3 is 10.3 Å². The van der Waals surface area contributed by atoms with Gasteiger partial charge in [-0.2, -0.15) is 0 Å². The van der Waals surface area contributed by atoms with Crippen molar-refractivity contribution in [1.82, 2.24) is 20.1 Å². The minimum absolute atomic E-state index is 1.01. The van der Waals surface area contributed by atoms with Crippen molar-refractivity contribution in [3.63, 3.8) is 0 Å². The van der Waals surface area contributed by atoms with E-state index >= 15 is 0 Å². The molecule has 4 heteroatoms. The Hall–Kier alpha value is -0.840. The van der Waals surface area contributed by atoms with E-state index in [9.17, 15) is 0 Å². The highest BCUT2D eigenvalue weighted by molar-refractivity contribution is 5.02. The van der Waals surface area contributed by atoms with Gasteiger partial charge in [-0.25, -0.2) is 0 Å². The molecule has 0 spiro atoms. The molecule has 4 nitrogen and oxygen atoms in total. The zero-order valence-corrected chi connectivity index (χ0v) is 10.1. The van der Waals surface area contributed by atoms with E-state index < -0.39 is 0 Å². The van der Waals surface area contributed by atoms with Crippen molar-refractivity contribution in [3.8, 4) is 0 Å². The second-order valence-corrected chi connectivity index (χ2v) is 4.52. The number of likely N-dealkylation sites (N-methyl/N-ethyl adjacent to an activating group) is 1. The summed E-state index contributed by atoms with van der Waals surface area (Å²) in [6.07, 6.45) is 1.99. The van der Waals surface area contributed by atoms with Crippen LogP contribution in [0.15, 0.2) is 18.3 Å². The van der Waals surface area contributed by atoms with Crippen molar-refractivity contribution in [2.24, 2.45) is 0 Å². The first-order valence-corrected chi connectivity index (χ1v) is 6.08. The molecule has 1 saturated heterocycles. The molecule has 0 amide bonds. The maximum atomic E-state index is 3.38. The van der Waals surface area contributed by atoms with Gasteiger partial charge in [0, 0.05) is 57.7 Å². The Kier molecular flexibility index (Phi) is 4.39. The summed E-state index contributed by atoms with van der Waals surface area (Å²) < 4.78 is 0. The molecular formula is C12H22N4. The molecule has 0 atom stereocenters. The molecule has 90 valence electrons. The number of H-pyrrole nitrogens is 1. The van der Waals surface area contributed by atoms with E-state index in [1.54, 1.807) is 0 Å². The quantitative estimate of drug-likeness (QED) is 0.754. The van der Waals surface area contributed by atoms with Crippen LogP contribution in [0, 0.1) is 0 Å². The van der Waals surface area contributed by atoms with Crippen molar-refractivity contribution >= 4 is 0 Å². The summed E-state index contributed by atoms with van der Waals surface area (Å²) in [4.78, 5) is 8.14. The van der Waals surface area contributed by atoms with Crippen LogP contribution in [0.25, 0.3) is 0 Å². The van der Waals surface area contributed by atoms with Gasteiger partial charge in [0.1, 0.15) is 0 Å². The minimum Gasteiger partial charge on any atom is -0.364 e. The summed E-state index contributed by atoms with van der Waals surface area (Å²) in [5.74, 6) is 0. The lowest BCUT2D eigenvalue weighted by Crippen LogP contribution is -2.45. The molecule has 1 aromatic heterocycles. The normalized spacial score (nSPS) is 18.1. The fourth-order valence-electron chi connectivity index (χ4n) is 2.08. The predicted molar refractivity (Wildman–Crippen MR) is 66.4 cm³/mol. The molecule has 0 bridgehead atoms. The largest absolute Gasteiger partial charge is 0.364 e. The number of hydrogen-bond donors (Lipinski definition) is 2. The van der Waals surface area contributed by atoms with E-state index in [1.807, 2.05) is 6.20 Å². The molecule has 0 unspecified atom stereocenters. The second kappa shape index (κ2) is 6.03. The zero-order chi connectivity index (χ0) is 11.2. The molecule has 0 radical (unpaired) electrons. The van der Waals surface area contributed by atoms with Crippen LogP contribution in [0.2, 0.25) is 0 Å². The van der Waals surface area contributed by atoms with E-state index in [0.717, 1.165) is 26.2 Å². The number of piperazine rings is 1. The molecule has 16 heavy (non-hydrogen) atoms. The topological polar surface area (TPSA) is 34.3 Å². The monoisotopic (exact) mass is 222 g/mol. The van der Waals surface area contributed by atoms with Crippen molar-refractivity contribution in [2.45, 2.75) is 6.54 Å². The maximum absolute atomic E-state index is 3.38. The number of aromatic nitrogens is 1. The number of aromatic amines is 1. The second-order valence-electron chi connectivity index (χ2n) is 4.52. The average Bonchev–Trinajstić information content (AvgIpc) is 2.81. The molecule has 2 heterocycles. The summed E-state index contributed by atoms with van der Waals surface area (Å²) in [6.45, 7) is 7.99. The molecule has 0 aliphatic carbocycles. The number of nitrogens with one attached hydrogen (secondary N) is 2. The Morgan fingerprint density at radius 1 is 1.38 bits per heavy atom. The standard InChI is InChI=1S/C12H22N4/c1-15(11-12-3-2-4-14-12)9-10-16-7-5-13-6-8-16/h2-4,13-14H,5-11H2,1H3. The molecule has 1 aliphatic heterocycles. The van der Waals surface area contributed by atoms with Crippen LogP contribution in [0.5, 0.6) is 0 Å². The highest BCUT2D eigenvalue weighted by Gasteiger charge is 2.10. The zero-order valence-electron chi connectivity index (χ0n) is 10.1. The number of nitrogens with zero attached hydrogens (tertiary/aromatic N) is 2. The first-order chi connectivity index (χ1) is 7.84. The van der Waals surface area contributed by atoms with Gasteiger partial charge >= 0.3 is 0 Å². The fraction of sp³-hybridized carbons (Fsp3) is 0.667. The summed E-state index contributed by atoms with van der Waals surface area (Å²) in [7, 11) is 2.18. The fourth-order valence-corrected chi connectivity index (χ4v) is 2.08. The summed E-state index contributed by atoms with van der Waals surface area (Å²) >= 11 is 0. The maximum Gasteiger partial charge on any atom is 0.0382 e. The minimum atomic E-state index is 1.01. The SMILES string of the molecule is CN(CCN1CCNCC1)Cc1ccc[nH]1. The van der Waals surface area contributed by atoms with Gasteiger partial charge in [-0.05, 0) is 19.2 Å². The van der Waals surface area contributed by atoms with Gasteiger partial charge in [0.25, 0.3) is 0 Å². The van der Waals surface area contributed by atoms with Crippen LogP contribution < -0.4 is 5.32 Å². The summed E-state index contributed by atoms with van der Waals surface area (Å²) in [5, 5.41) is 3.38. The van der Waals surface area contributed by atoms with Gasteiger partial charge in [0.15, 0.2) is 0 Å². The van der Waals surface area contributed by atoms with E-state index in [-0.39, 0.29) is 0 Å². The van der Waals surface area contributed by atoms with Crippen molar-refractivity contribution in [3.05, 3.63) is 24.0 Å². The van der Waals surface area contributed by atoms with E-state index in [0.29, 0.717) is 0 Å². The molecule has 1 aromatic rings. The first kappa shape index (κ1) is 11.6. The first-order valence-electron chi connectivity index (χ1n) is 6.08. The molecule has 0 aromatic carbocycles. The lowest BCUT2D eigenvalue weighted by Gasteiger charge is -2.28. The lowest BCUT2D eigenvalue weighted by molar-refractivity contribution is 0.201. The van der Waals surface area contributed by atoms with Gasteiger partial charge in [-0.3, -0.25) is 9.80 Å². The molecule has 1 fully saturated rings. The highest BCUT2D eigenvalue weighted by atomic mass is 15.2. The van der Waals surface area contributed by atoms with Crippen LogP contribution in [-0.2, 0) is 6.54 Å². The molecule has 0 saturated carbocycles. The average molecular weight is 222 g/mol. The molecule has 2 rings (SSSR count). The van der Waals surface area contributed by atoms with Crippen LogP contribution in [-0.4, -0.2) is 61.1 Å². The summed E-state index contributed by atoms with van der Waals surface area (Å²) in [6, 6.07) is 4.20. The smallest absolute Gasteiger partial charge is 0.0382 e. The lowest BCUT2D eigenvalue weighted by atomic mass is 10.3. The summed E-state index contributed by atoms with van der Waals surface area (Å²) in [5.41, 5.74) is 1.29. The van der Waals surface area contributed by atoms with E-state index in [2.05, 4.69) is 39.3 Å². The van der Waals surface area contributed by atoms with E-state index in [1.165, 1.54) is 25.3 Å². The van der Waals surface area contributed by atoms with Crippen LogP contribution in [0.1, 0.15) is 5.69 Å². The molecular weight excluding hydrogens is 200 g/mol. The Morgan fingerprint density at radius 3 is 2.88 bits per heavy atom. The Labute approximate surface area is 97.6 Å². The number of rotatable bonds is 5. The van der Waals surface area contributed by atoms with Gasteiger partial charge in [-0.1, -0.05) is 0 Å². The van der Waals surface area contributed by atoms with Gasteiger partial charge in [0.2, 0.25) is 0 Å². The predicted octanol–water partition coefficient (Wildman–Crippen LogP) is 0.352.